The van der Waals surface area contributed by atoms with Gasteiger partial charge in [-0.3, -0.25) is 0 Å². The van der Waals surface area contributed by atoms with Crippen LogP contribution in [0.15, 0.2) is 48.7 Å². The van der Waals surface area contributed by atoms with E-state index >= 15 is 0 Å². The second-order valence-electron chi connectivity index (χ2n) is 4.19. The first kappa shape index (κ1) is 16.3. The van der Waals surface area contributed by atoms with Crippen LogP contribution in [0.5, 0.6) is 0 Å². The molecule has 0 fully saturated rings. The number of hydrogen-bond donors (Lipinski definition) is 0. The average Bonchev–Trinajstić information content (AvgIpc) is 2.32. The minimum absolute atomic E-state index is 0. The average molecular weight is 335 g/mol. The minimum Gasteiger partial charge on any atom is -0.370 e. The van der Waals surface area contributed by atoms with Gasteiger partial charge < -0.3 is 4.90 Å². The molecule has 1 aliphatic rings. The van der Waals surface area contributed by atoms with Crippen molar-refractivity contribution in [3.8, 4) is 0 Å². The number of benzene rings is 1. The van der Waals surface area contributed by atoms with E-state index in [0.717, 1.165) is 11.1 Å². The van der Waals surface area contributed by atoms with Gasteiger partial charge in [0, 0.05) is 32.7 Å². The molecule has 0 atom stereocenters. The summed E-state index contributed by atoms with van der Waals surface area (Å²) in [5, 5.41) is 0. The molecule has 97 valence electrons. The van der Waals surface area contributed by atoms with Gasteiger partial charge in [-0.25, -0.2) is 8.78 Å². The fourth-order valence-corrected chi connectivity index (χ4v) is 1.83. The van der Waals surface area contributed by atoms with Gasteiger partial charge >= 0.3 is 0 Å². The summed E-state index contributed by atoms with van der Waals surface area (Å²) in [6, 6.07) is 7.71. The number of nitrogens with zero attached hydrogens (tertiary/aromatic N) is 1. The molecule has 1 radical (unpaired) electrons. The molecule has 2 rings (SSSR count). The number of alkyl halides is 2. The van der Waals surface area contributed by atoms with Crippen LogP contribution in [0.4, 0.5) is 8.78 Å². The molecule has 0 aromatic heterocycles. The summed E-state index contributed by atoms with van der Waals surface area (Å²) in [6.07, 6.45) is 3.99. The zero-order valence-corrected chi connectivity index (χ0v) is 13.6. The summed E-state index contributed by atoms with van der Waals surface area (Å²) < 4.78 is 25.2. The summed E-state index contributed by atoms with van der Waals surface area (Å²) in [7, 11) is 0. The quantitative estimate of drug-likeness (QED) is 0.760. The van der Waals surface area contributed by atoms with Crippen LogP contribution >= 0.6 is 0 Å². The zero-order valence-electron chi connectivity index (χ0n) is 10.7. The molecule has 0 saturated heterocycles. The molecule has 19 heavy (non-hydrogen) atoms. The van der Waals surface area contributed by atoms with Gasteiger partial charge in [-0.1, -0.05) is 35.5 Å². The van der Waals surface area contributed by atoms with E-state index in [-0.39, 0.29) is 39.3 Å². The van der Waals surface area contributed by atoms with Crippen molar-refractivity contribution in [2.24, 2.45) is 0 Å². The van der Waals surface area contributed by atoms with Crippen LogP contribution in [0.2, 0.25) is 0 Å². The van der Waals surface area contributed by atoms with Gasteiger partial charge in [-0.2, -0.15) is 12.2 Å². The first-order chi connectivity index (χ1) is 8.58. The molecule has 1 heterocycles. The second-order valence-corrected chi connectivity index (χ2v) is 4.19. The van der Waals surface area contributed by atoms with Gasteiger partial charge in [0.2, 0.25) is 0 Å². The molecule has 1 nitrogen and oxygen atoms in total. The Balaban J connectivity index is 0.00000180. The molecule has 0 bridgehead atoms. The Hall–Kier alpha value is -0.796. The molecule has 1 aromatic carbocycles. The normalized spacial score (nSPS) is 14.4. The number of allylic oxidation sites excluding steroid dienone is 3. The van der Waals surface area contributed by atoms with E-state index in [4.69, 9.17) is 0 Å². The Labute approximate surface area is 137 Å². The van der Waals surface area contributed by atoms with Crippen LogP contribution in [-0.4, -0.2) is 17.9 Å². The molecule has 1 aromatic rings. The molecular formula is C15H14F2NY-. The topological polar surface area (TPSA) is 3.24 Å². The SMILES string of the molecule is C=C1C=C[C-]=C(c2ccc(C)cc2)N1CC(F)F.[Y]. The largest absolute Gasteiger partial charge is 0.370 e. The van der Waals surface area contributed by atoms with Gasteiger partial charge in [0.25, 0.3) is 6.43 Å². The van der Waals surface area contributed by atoms with Gasteiger partial charge in [0.1, 0.15) is 0 Å². The smallest absolute Gasteiger partial charge is 0.256 e. The summed E-state index contributed by atoms with van der Waals surface area (Å²) in [5.41, 5.74) is 3.20. The van der Waals surface area contributed by atoms with Crippen LogP contribution in [-0.2, 0) is 32.7 Å². The van der Waals surface area contributed by atoms with Crippen molar-refractivity contribution in [3.05, 3.63) is 65.9 Å². The third-order valence-corrected chi connectivity index (χ3v) is 2.76. The van der Waals surface area contributed by atoms with Gasteiger partial charge in [-0.15, -0.1) is 18.2 Å². The summed E-state index contributed by atoms with van der Waals surface area (Å²) in [6.45, 7) is 5.41. The van der Waals surface area contributed by atoms with Crippen molar-refractivity contribution < 1.29 is 41.5 Å². The molecule has 0 aliphatic carbocycles. The molecule has 0 N–H and O–H groups in total. The van der Waals surface area contributed by atoms with Crippen molar-refractivity contribution in [2.45, 2.75) is 13.3 Å². The predicted octanol–water partition coefficient (Wildman–Crippen LogP) is 3.79. The van der Waals surface area contributed by atoms with Crippen LogP contribution in [0.3, 0.4) is 0 Å². The monoisotopic (exact) mass is 335 g/mol. The molecule has 0 spiro atoms. The summed E-state index contributed by atoms with van der Waals surface area (Å²) >= 11 is 0. The third kappa shape index (κ3) is 4.08. The number of halogens is 2. The second kappa shape index (κ2) is 7.11. The van der Waals surface area contributed by atoms with Crippen molar-refractivity contribution in [3.63, 3.8) is 0 Å². The zero-order chi connectivity index (χ0) is 13.1. The van der Waals surface area contributed by atoms with Crippen LogP contribution in [0, 0.1) is 13.0 Å². The van der Waals surface area contributed by atoms with Gasteiger partial charge in [0.05, 0.1) is 6.54 Å². The molecule has 4 heteroatoms. The van der Waals surface area contributed by atoms with Crippen molar-refractivity contribution in [1.29, 1.82) is 0 Å². The van der Waals surface area contributed by atoms with Crippen molar-refractivity contribution >= 4 is 5.70 Å². The first-order valence-electron chi connectivity index (χ1n) is 5.69. The summed E-state index contributed by atoms with van der Waals surface area (Å²) in [5.74, 6) is 0. The summed E-state index contributed by atoms with van der Waals surface area (Å²) in [4.78, 5) is 1.50. The van der Waals surface area contributed by atoms with E-state index in [1.54, 1.807) is 12.2 Å². The molecule has 0 unspecified atom stereocenters. The fourth-order valence-electron chi connectivity index (χ4n) is 1.83. The Bertz CT molecular complexity index is 503. The van der Waals surface area contributed by atoms with Crippen molar-refractivity contribution in [2.75, 3.05) is 6.54 Å². The molecule has 1 aliphatic heterocycles. The number of aryl methyl sites for hydroxylation is 1. The Kier molecular flexibility index (Phi) is 6.09. The van der Waals surface area contributed by atoms with E-state index in [2.05, 4.69) is 12.7 Å². The maximum Gasteiger partial charge on any atom is 0.256 e. The Morgan fingerprint density at radius 1 is 1.26 bits per heavy atom. The number of hydrogen-bond acceptors (Lipinski definition) is 1. The van der Waals surface area contributed by atoms with Gasteiger partial charge in [-0.05, 0) is 12.6 Å². The Morgan fingerprint density at radius 2 is 1.89 bits per heavy atom. The fraction of sp³-hybridized carbons (Fsp3) is 0.200. The third-order valence-electron chi connectivity index (χ3n) is 2.76. The van der Waals surface area contributed by atoms with Crippen LogP contribution in [0.1, 0.15) is 11.1 Å². The predicted molar refractivity (Wildman–Crippen MR) is 68.8 cm³/mol. The molecule has 0 saturated carbocycles. The maximum absolute atomic E-state index is 12.6. The van der Waals surface area contributed by atoms with Gasteiger partial charge in [0.15, 0.2) is 0 Å². The van der Waals surface area contributed by atoms with E-state index in [1.165, 1.54) is 4.90 Å². The van der Waals surface area contributed by atoms with E-state index in [0.29, 0.717) is 11.4 Å². The van der Waals surface area contributed by atoms with Crippen LogP contribution in [0.25, 0.3) is 5.70 Å². The first-order valence-corrected chi connectivity index (χ1v) is 5.69. The maximum atomic E-state index is 12.6. The van der Waals surface area contributed by atoms with Crippen LogP contribution < -0.4 is 0 Å². The van der Waals surface area contributed by atoms with E-state index in [1.807, 2.05) is 31.2 Å². The van der Waals surface area contributed by atoms with E-state index in [9.17, 15) is 8.78 Å². The molecular weight excluding hydrogens is 321 g/mol. The Morgan fingerprint density at radius 3 is 2.47 bits per heavy atom. The van der Waals surface area contributed by atoms with Crippen molar-refractivity contribution in [1.82, 2.24) is 4.90 Å². The molecule has 0 amide bonds. The number of rotatable bonds is 3. The van der Waals surface area contributed by atoms with E-state index < -0.39 is 6.43 Å². The minimum atomic E-state index is -2.41. The standard InChI is InChI=1S/C15H14F2N.Y/c1-11-6-8-13(9-7-11)14-5-3-4-12(2)18(14)10-15(16)17;/h3-4,6-9,15H,2,10H2,1H3;/q-1;.